The Morgan fingerprint density at radius 1 is 1.00 bits per heavy atom. The molecule has 0 unspecified atom stereocenters. The summed E-state index contributed by atoms with van der Waals surface area (Å²) < 4.78 is 9.62. The van der Waals surface area contributed by atoms with Gasteiger partial charge in [0.05, 0.1) is 0 Å². The summed E-state index contributed by atoms with van der Waals surface area (Å²) >= 11 is 0. The maximum atomic E-state index is 4.81. The molecule has 8 heavy (non-hydrogen) atoms. The number of hydrogen-bond acceptors (Lipinski definition) is 2. The predicted octanol–water partition coefficient (Wildman–Crippen LogP) is 1.63. The second-order valence-electron chi connectivity index (χ2n) is 1.46. The molecule has 2 aromatic heterocycles. The molecular formula is C6H2O2. The fourth-order valence-electron chi connectivity index (χ4n) is 0.595. The highest BCUT2D eigenvalue weighted by Crippen LogP contribution is 2.13. The van der Waals surface area contributed by atoms with Gasteiger partial charge in [-0.15, -0.1) is 0 Å². The second-order valence-corrected chi connectivity index (χ2v) is 1.46. The summed E-state index contributed by atoms with van der Waals surface area (Å²) in [5.41, 5.74) is 1.40. The molecule has 0 saturated heterocycles. The molecule has 0 aromatic carbocycles. The first-order valence-electron chi connectivity index (χ1n) is 2.22. The molecular weight excluding hydrogens is 104 g/mol. The minimum absolute atomic E-state index is 0.699. The maximum Gasteiger partial charge on any atom is 0.174 e. The summed E-state index contributed by atoms with van der Waals surface area (Å²) in [7, 11) is 0. The van der Waals surface area contributed by atoms with E-state index in [2.05, 4.69) is 12.5 Å². The van der Waals surface area contributed by atoms with Gasteiger partial charge < -0.3 is 8.83 Å². The van der Waals surface area contributed by atoms with E-state index in [1.54, 1.807) is 12.1 Å². The molecule has 0 saturated carbocycles. The molecule has 2 rings (SSSR count). The first kappa shape index (κ1) is 3.78. The Bertz CT molecular complexity index is 228. The van der Waals surface area contributed by atoms with Crippen LogP contribution in [0.15, 0.2) is 21.0 Å². The molecule has 38 valence electrons. The molecule has 2 nitrogen and oxygen atoms in total. The van der Waals surface area contributed by atoms with Gasteiger partial charge >= 0.3 is 0 Å². The molecule has 0 bridgehead atoms. The Morgan fingerprint density at radius 2 is 1.50 bits per heavy atom. The van der Waals surface area contributed by atoms with Gasteiger partial charge in [-0.05, 0) is 0 Å². The monoisotopic (exact) mass is 106 g/mol. The number of rotatable bonds is 0. The highest BCUT2D eigenvalue weighted by atomic mass is 16.4. The van der Waals surface area contributed by atoms with Gasteiger partial charge in [-0.2, -0.15) is 0 Å². The Morgan fingerprint density at radius 3 is 2.00 bits per heavy atom. The van der Waals surface area contributed by atoms with E-state index in [0.717, 1.165) is 0 Å². The summed E-state index contributed by atoms with van der Waals surface area (Å²) in [6.45, 7) is 0. The molecule has 0 amide bonds. The topological polar surface area (TPSA) is 26.3 Å². The van der Waals surface area contributed by atoms with Crippen molar-refractivity contribution >= 4 is 11.2 Å². The third kappa shape index (κ3) is 0.320. The van der Waals surface area contributed by atoms with Gasteiger partial charge in [0.15, 0.2) is 23.7 Å². The Balaban J connectivity index is 3.06. The maximum absolute atomic E-state index is 4.81. The van der Waals surface area contributed by atoms with Crippen LogP contribution in [0, 0.1) is 12.5 Å². The first-order valence-corrected chi connectivity index (χ1v) is 2.22. The average Bonchev–Trinajstić information content (AvgIpc) is 2.15. The molecule has 2 radical (unpaired) electrons. The van der Waals surface area contributed by atoms with Crippen molar-refractivity contribution in [3.05, 3.63) is 24.7 Å². The van der Waals surface area contributed by atoms with E-state index in [-0.39, 0.29) is 0 Å². The van der Waals surface area contributed by atoms with Crippen molar-refractivity contribution in [1.29, 1.82) is 0 Å². The molecule has 2 heterocycles. The summed E-state index contributed by atoms with van der Waals surface area (Å²) in [6, 6.07) is 3.26. The Labute approximate surface area is 45.7 Å². The van der Waals surface area contributed by atoms with Crippen molar-refractivity contribution in [3.63, 3.8) is 0 Å². The van der Waals surface area contributed by atoms with Crippen molar-refractivity contribution in [1.82, 2.24) is 0 Å². The zero-order valence-corrected chi connectivity index (χ0v) is 3.97. The molecule has 0 spiro atoms. The lowest BCUT2D eigenvalue weighted by Crippen LogP contribution is -1.38. The van der Waals surface area contributed by atoms with Gasteiger partial charge in [-0.25, -0.2) is 0 Å². The van der Waals surface area contributed by atoms with Crippen LogP contribution in [-0.4, -0.2) is 0 Å². The fraction of sp³-hybridized carbons (Fsp3) is 0. The normalized spacial score (nSPS) is 10.5. The van der Waals surface area contributed by atoms with Gasteiger partial charge in [0.2, 0.25) is 0 Å². The summed E-state index contributed by atoms with van der Waals surface area (Å²) in [6.07, 6.45) is 5.06. The van der Waals surface area contributed by atoms with Crippen molar-refractivity contribution in [3.8, 4) is 0 Å². The van der Waals surface area contributed by atoms with Crippen LogP contribution in [0.5, 0.6) is 0 Å². The third-order valence-corrected chi connectivity index (χ3v) is 0.961. The highest BCUT2D eigenvalue weighted by Gasteiger charge is 1.96. The minimum Gasteiger partial charge on any atom is -0.449 e. The van der Waals surface area contributed by atoms with Gasteiger partial charge in [-0.3, -0.25) is 0 Å². The summed E-state index contributed by atoms with van der Waals surface area (Å²) in [5.74, 6) is 0. The standard InChI is InChI=1S/C6H2O2/c1-3-7-6-2-4-8-5(1)6/h1-2H. The smallest absolute Gasteiger partial charge is 0.174 e. The lowest BCUT2D eigenvalue weighted by atomic mass is 10.5. The number of furan rings is 2. The van der Waals surface area contributed by atoms with Crippen LogP contribution < -0.4 is 0 Å². The molecule has 0 fully saturated rings. The quantitative estimate of drug-likeness (QED) is 0.510. The van der Waals surface area contributed by atoms with E-state index in [1.807, 2.05) is 0 Å². The van der Waals surface area contributed by atoms with E-state index >= 15 is 0 Å². The molecule has 0 N–H and O–H groups in total. The van der Waals surface area contributed by atoms with Crippen LogP contribution in [0.2, 0.25) is 0 Å². The molecule has 2 heteroatoms. The fourth-order valence-corrected chi connectivity index (χ4v) is 0.595. The third-order valence-electron chi connectivity index (χ3n) is 0.961. The lowest BCUT2D eigenvalue weighted by Gasteiger charge is -1.63. The predicted molar refractivity (Wildman–Crippen MR) is 26.2 cm³/mol. The van der Waals surface area contributed by atoms with E-state index < -0.39 is 0 Å². The highest BCUT2D eigenvalue weighted by molar-refractivity contribution is 5.69. The van der Waals surface area contributed by atoms with Crippen molar-refractivity contribution < 1.29 is 8.83 Å². The molecule has 2 aromatic rings. The molecule has 0 aliphatic heterocycles. The van der Waals surface area contributed by atoms with Crippen LogP contribution in [0.4, 0.5) is 0 Å². The molecule has 0 atom stereocenters. The van der Waals surface area contributed by atoms with E-state index in [9.17, 15) is 0 Å². The van der Waals surface area contributed by atoms with Gasteiger partial charge in [0.1, 0.15) is 0 Å². The van der Waals surface area contributed by atoms with Crippen LogP contribution >= 0.6 is 0 Å². The van der Waals surface area contributed by atoms with Gasteiger partial charge in [-0.1, -0.05) is 0 Å². The van der Waals surface area contributed by atoms with Gasteiger partial charge in [0.25, 0.3) is 0 Å². The average molecular weight is 106 g/mol. The van der Waals surface area contributed by atoms with Crippen molar-refractivity contribution in [2.75, 3.05) is 0 Å². The Kier molecular flexibility index (Phi) is 0.545. The van der Waals surface area contributed by atoms with Crippen molar-refractivity contribution in [2.24, 2.45) is 0 Å². The lowest BCUT2D eigenvalue weighted by molar-refractivity contribution is 0.600. The largest absolute Gasteiger partial charge is 0.449 e. The molecule has 0 aliphatic rings. The zero-order valence-electron chi connectivity index (χ0n) is 3.97. The van der Waals surface area contributed by atoms with E-state index in [1.165, 1.54) is 0 Å². The van der Waals surface area contributed by atoms with E-state index in [0.29, 0.717) is 11.2 Å². The second kappa shape index (κ2) is 1.15. The zero-order chi connectivity index (χ0) is 5.40. The van der Waals surface area contributed by atoms with Crippen LogP contribution in [0.1, 0.15) is 0 Å². The van der Waals surface area contributed by atoms with Crippen LogP contribution in [-0.2, 0) is 0 Å². The number of fused-ring (bicyclic) bond motifs is 1. The molecule has 0 aliphatic carbocycles. The summed E-state index contributed by atoms with van der Waals surface area (Å²) in [5, 5.41) is 0. The number of hydrogen-bond donors (Lipinski definition) is 0. The minimum atomic E-state index is 0.699. The first-order chi connectivity index (χ1) is 3.97. The summed E-state index contributed by atoms with van der Waals surface area (Å²) in [4.78, 5) is 0. The van der Waals surface area contributed by atoms with E-state index in [4.69, 9.17) is 8.83 Å². The van der Waals surface area contributed by atoms with Crippen molar-refractivity contribution in [2.45, 2.75) is 0 Å². The Hall–Kier alpha value is -1.18. The SMILES string of the molecule is [c]1cc2o[c]cc2o1. The van der Waals surface area contributed by atoms with Gasteiger partial charge in [0, 0.05) is 12.1 Å². The van der Waals surface area contributed by atoms with Crippen LogP contribution in [0.25, 0.3) is 11.2 Å². The van der Waals surface area contributed by atoms with Crippen LogP contribution in [0.3, 0.4) is 0 Å².